The minimum absolute atomic E-state index is 0.0517. The molecular weight excluding hydrogens is 270 g/mol. The van der Waals surface area contributed by atoms with E-state index in [0.717, 1.165) is 22.5 Å². The van der Waals surface area contributed by atoms with Crippen molar-refractivity contribution < 1.29 is 9.47 Å². The zero-order valence-corrected chi connectivity index (χ0v) is 11.1. The second kappa shape index (κ2) is 5.06. The van der Waals surface area contributed by atoms with E-state index in [-0.39, 0.29) is 6.23 Å². The van der Waals surface area contributed by atoms with Crippen molar-refractivity contribution in [2.24, 2.45) is 5.92 Å². The number of ether oxygens (including phenoxy) is 2. The molecule has 0 bridgehead atoms. The minimum Gasteiger partial charge on any atom is -0.486 e. The second-order valence-electron chi connectivity index (χ2n) is 4.29. The van der Waals surface area contributed by atoms with Crippen LogP contribution in [0.5, 0.6) is 5.75 Å². The highest BCUT2D eigenvalue weighted by molar-refractivity contribution is 9.10. The molecule has 0 saturated heterocycles. The molecule has 1 unspecified atom stereocenters. The van der Waals surface area contributed by atoms with Crippen LogP contribution in [0.15, 0.2) is 22.7 Å². The number of anilines is 1. The maximum atomic E-state index is 5.69. The van der Waals surface area contributed by atoms with Crippen molar-refractivity contribution in [2.45, 2.75) is 20.1 Å². The molecule has 0 radical (unpaired) electrons. The molecule has 1 aliphatic heterocycles. The molecule has 16 heavy (non-hydrogen) atoms. The van der Waals surface area contributed by atoms with Gasteiger partial charge in [-0.3, -0.25) is 0 Å². The van der Waals surface area contributed by atoms with Gasteiger partial charge in [0.1, 0.15) is 6.61 Å². The van der Waals surface area contributed by atoms with E-state index in [2.05, 4.69) is 35.1 Å². The van der Waals surface area contributed by atoms with Crippen LogP contribution in [0.2, 0.25) is 0 Å². The van der Waals surface area contributed by atoms with Gasteiger partial charge in [-0.25, -0.2) is 0 Å². The van der Waals surface area contributed by atoms with E-state index < -0.39 is 0 Å². The van der Waals surface area contributed by atoms with Gasteiger partial charge in [0.2, 0.25) is 0 Å². The normalized spacial score (nSPS) is 18.9. The molecule has 0 fully saturated rings. The van der Waals surface area contributed by atoms with Crippen molar-refractivity contribution >= 4 is 21.6 Å². The summed E-state index contributed by atoms with van der Waals surface area (Å²) >= 11 is 3.46. The lowest BCUT2D eigenvalue weighted by atomic mass is 10.2. The lowest BCUT2D eigenvalue weighted by Gasteiger charge is -2.28. The molecular formula is C12H16BrNO2. The van der Waals surface area contributed by atoms with Crippen LogP contribution >= 0.6 is 15.9 Å². The lowest BCUT2D eigenvalue weighted by Crippen LogP contribution is -2.34. The third-order valence-corrected chi connectivity index (χ3v) is 2.92. The van der Waals surface area contributed by atoms with E-state index in [9.17, 15) is 0 Å². The predicted octanol–water partition coefficient (Wildman–Crippen LogP) is 3.25. The maximum absolute atomic E-state index is 5.69. The highest BCUT2D eigenvalue weighted by Gasteiger charge is 2.20. The van der Waals surface area contributed by atoms with Gasteiger partial charge in [0.15, 0.2) is 12.0 Å². The SMILES string of the molecule is CC(C)COC1COc2c(Br)cccc2N1. The summed E-state index contributed by atoms with van der Waals surface area (Å²) in [6.45, 7) is 5.55. The van der Waals surface area contributed by atoms with E-state index in [1.165, 1.54) is 0 Å². The van der Waals surface area contributed by atoms with Gasteiger partial charge in [-0.05, 0) is 34.0 Å². The number of fused-ring (bicyclic) bond motifs is 1. The number of rotatable bonds is 3. The van der Waals surface area contributed by atoms with Crippen LogP contribution < -0.4 is 10.1 Å². The van der Waals surface area contributed by atoms with Crippen molar-refractivity contribution in [3.8, 4) is 5.75 Å². The van der Waals surface area contributed by atoms with Crippen LogP contribution in [0.4, 0.5) is 5.69 Å². The Hall–Kier alpha value is -0.740. The fraction of sp³-hybridized carbons (Fsp3) is 0.500. The quantitative estimate of drug-likeness (QED) is 0.925. The van der Waals surface area contributed by atoms with Crippen LogP contribution in [0.3, 0.4) is 0 Å². The fourth-order valence-electron chi connectivity index (χ4n) is 1.54. The van der Waals surface area contributed by atoms with E-state index in [4.69, 9.17) is 9.47 Å². The average molecular weight is 286 g/mol. The fourth-order valence-corrected chi connectivity index (χ4v) is 2.02. The van der Waals surface area contributed by atoms with Gasteiger partial charge in [-0.2, -0.15) is 0 Å². The monoisotopic (exact) mass is 285 g/mol. The van der Waals surface area contributed by atoms with Crippen molar-refractivity contribution in [1.82, 2.24) is 0 Å². The minimum atomic E-state index is -0.0517. The second-order valence-corrected chi connectivity index (χ2v) is 5.14. The topological polar surface area (TPSA) is 30.5 Å². The summed E-state index contributed by atoms with van der Waals surface area (Å²) in [4.78, 5) is 0. The molecule has 0 aromatic heterocycles. The molecule has 3 nitrogen and oxygen atoms in total. The van der Waals surface area contributed by atoms with Crippen molar-refractivity contribution in [2.75, 3.05) is 18.5 Å². The summed E-state index contributed by atoms with van der Waals surface area (Å²) in [6, 6.07) is 5.94. The molecule has 0 saturated carbocycles. The number of benzene rings is 1. The first-order valence-corrected chi connectivity index (χ1v) is 6.25. The Balaban J connectivity index is 2.01. The zero-order valence-electron chi connectivity index (χ0n) is 9.50. The van der Waals surface area contributed by atoms with E-state index in [1.54, 1.807) is 0 Å². The highest BCUT2D eigenvalue weighted by Crippen LogP contribution is 2.36. The number of nitrogens with one attached hydrogen (secondary N) is 1. The van der Waals surface area contributed by atoms with E-state index >= 15 is 0 Å². The summed E-state index contributed by atoms with van der Waals surface area (Å²) in [5.74, 6) is 1.40. The summed E-state index contributed by atoms with van der Waals surface area (Å²) in [5, 5.41) is 3.32. The highest BCUT2D eigenvalue weighted by atomic mass is 79.9. The first-order valence-electron chi connectivity index (χ1n) is 5.46. The van der Waals surface area contributed by atoms with Crippen molar-refractivity contribution in [3.05, 3.63) is 22.7 Å². The zero-order chi connectivity index (χ0) is 11.5. The van der Waals surface area contributed by atoms with Gasteiger partial charge in [0, 0.05) is 0 Å². The molecule has 4 heteroatoms. The molecule has 0 aliphatic carbocycles. The summed E-state index contributed by atoms with van der Waals surface area (Å²) < 4.78 is 12.3. The molecule has 1 atom stereocenters. The van der Waals surface area contributed by atoms with Gasteiger partial charge < -0.3 is 14.8 Å². The summed E-state index contributed by atoms with van der Waals surface area (Å²) in [5.41, 5.74) is 0.981. The Morgan fingerprint density at radius 2 is 2.38 bits per heavy atom. The van der Waals surface area contributed by atoms with Crippen LogP contribution in [-0.4, -0.2) is 19.4 Å². The predicted molar refractivity (Wildman–Crippen MR) is 67.8 cm³/mol. The Morgan fingerprint density at radius 3 is 3.12 bits per heavy atom. The number of para-hydroxylation sites is 1. The van der Waals surface area contributed by atoms with Gasteiger partial charge in [0.05, 0.1) is 16.8 Å². The molecule has 2 rings (SSSR count). The lowest BCUT2D eigenvalue weighted by molar-refractivity contribution is 0.0180. The van der Waals surface area contributed by atoms with Crippen LogP contribution in [0.25, 0.3) is 0 Å². The number of halogens is 1. The smallest absolute Gasteiger partial charge is 0.162 e. The van der Waals surface area contributed by atoms with Crippen LogP contribution in [0.1, 0.15) is 13.8 Å². The van der Waals surface area contributed by atoms with Crippen LogP contribution in [-0.2, 0) is 4.74 Å². The van der Waals surface area contributed by atoms with Gasteiger partial charge in [0.25, 0.3) is 0 Å². The Morgan fingerprint density at radius 1 is 1.56 bits per heavy atom. The van der Waals surface area contributed by atoms with Crippen molar-refractivity contribution in [1.29, 1.82) is 0 Å². The standard InChI is InChI=1S/C12H16BrNO2/c1-8(2)6-15-11-7-16-12-9(13)4-3-5-10(12)14-11/h3-5,8,11,14H,6-7H2,1-2H3. The van der Waals surface area contributed by atoms with Crippen LogP contribution in [0, 0.1) is 5.92 Å². The van der Waals surface area contributed by atoms with E-state index in [1.807, 2.05) is 18.2 Å². The molecule has 1 aliphatic rings. The van der Waals surface area contributed by atoms with Gasteiger partial charge in [-0.1, -0.05) is 19.9 Å². The molecule has 1 aromatic rings. The molecule has 0 amide bonds. The third kappa shape index (κ3) is 2.68. The molecule has 1 N–H and O–H groups in total. The Bertz CT molecular complexity index is 368. The molecule has 88 valence electrons. The van der Waals surface area contributed by atoms with Crippen molar-refractivity contribution in [3.63, 3.8) is 0 Å². The summed E-state index contributed by atoms with van der Waals surface area (Å²) in [7, 11) is 0. The first kappa shape index (κ1) is 11.7. The number of hydrogen-bond acceptors (Lipinski definition) is 3. The number of hydrogen-bond donors (Lipinski definition) is 1. The molecule has 0 spiro atoms. The van der Waals surface area contributed by atoms with Gasteiger partial charge >= 0.3 is 0 Å². The molecule has 1 aromatic carbocycles. The summed E-state index contributed by atoms with van der Waals surface area (Å²) in [6.07, 6.45) is -0.0517. The van der Waals surface area contributed by atoms with E-state index in [0.29, 0.717) is 12.5 Å². The van der Waals surface area contributed by atoms with Gasteiger partial charge in [-0.15, -0.1) is 0 Å². The Labute approximate surface area is 104 Å². The third-order valence-electron chi connectivity index (χ3n) is 2.29. The Kier molecular flexibility index (Phi) is 3.71. The maximum Gasteiger partial charge on any atom is 0.162 e. The largest absolute Gasteiger partial charge is 0.486 e. The average Bonchev–Trinajstić information content (AvgIpc) is 2.26. The molecule has 1 heterocycles. The first-order chi connectivity index (χ1) is 7.66.